The van der Waals surface area contributed by atoms with E-state index in [2.05, 4.69) is 4.90 Å². The summed E-state index contributed by atoms with van der Waals surface area (Å²) in [4.78, 5) is 13.4. The highest BCUT2D eigenvalue weighted by Crippen LogP contribution is 2.14. The smallest absolute Gasteiger partial charge is 0.152 e. The molecule has 114 valence electrons. The number of rotatable bonds is 7. The van der Waals surface area contributed by atoms with Gasteiger partial charge in [-0.3, -0.25) is 4.79 Å². The normalized spacial score (nSPS) is 16.2. The zero-order chi connectivity index (χ0) is 14.9. The first-order chi connectivity index (χ1) is 10.2. The van der Waals surface area contributed by atoms with Gasteiger partial charge in [0.2, 0.25) is 0 Å². The molecule has 1 aliphatic heterocycles. The van der Waals surface area contributed by atoms with Gasteiger partial charge in [0, 0.05) is 6.54 Å². The topological polar surface area (TPSA) is 29.5 Å². The maximum absolute atomic E-state index is 10.9. The Kier molecular flexibility index (Phi) is 6.48. The van der Waals surface area contributed by atoms with Crippen molar-refractivity contribution in [2.75, 3.05) is 26.2 Å². The fraction of sp³-hybridized carbons (Fsp3) is 0.500. The molecule has 0 aliphatic carbocycles. The third kappa shape index (κ3) is 6.13. The average molecular weight is 287 g/mol. The molecule has 0 saturated carbocycles. The summed E-state index contributed by atoms with van der Waals surface area (Å²) in [5.74, 6) is 0.960. The van der Waals surface area contributed by atoms with Crippen LogP contribution in [0, 0.1) is 0 Å². The highest BCUT2D eigenvalue weighted by molar-refractivity contribution is 5.91. The Morgan fingerprint density at radius 2 is 1.90 bits per heavy atom. The molecule has 3 heteroatoms. The van der Waals surface area contributed by atoms with Crippen molar-refractivity contribution in [3.8, 4) is 5.75 Å². The van der Waals surface area contributed by atoms with Crippen LogP contribution >= 0.6 is 0 Å². The Morgan fingerprint density at radius 1 is 1.19 bits per heavy atom. The minimum atomic E-state index is 0.0630. The maximum Gasteiger partial charge on any atom is 0.152 e. The van der Waals surface area contributed by atoms with Gasteiger partial charge in [0.15, 0.2) is 5.78 Å². The van der Waals surface area contributed by atoms with Crippen LogP contribution < -0.4 is 4.74 Å². The van der Waals surface area contributed by atoms with Crippen molar-refractivity contribution in [1.29, 1.82) is 0 Å². The van der Waals surface area contributed by atoms with Crippen LogP contribution in [-0.2, 0) is 4.79 Å². The quantitative estimate of drug-likeness (QED) is 0.567. The number of nitrogens with zero attached hydrogens (tertiary/aromatic N) is 1. The molecule has 1 aromatic rings. The van der Waals surface area contributed by atoms with Crippen molar-refractivity contribution in [2.45, 2.75) is 32.6 Å². The van der Waals surface area contributed by atoms with Gasteiger partial charge in [0.1, 0.15) is 5.75 Å². The van der Waals surface area contributed by atoms with Crippen LogP contribution in [0.25, 0.3) is 6.08 Å². The van der Waals surface area contributed by atoms with Gasteiger partial charge in [-0.25, -0.2) is 0 Å². The SMILES string of the molecule is CC(=O)C=Cc1ccc(OCCCN2CCCCC2)cc1. The summed E-state index contributed by atoms with van der Waals surface area (Å²) >= 11 is 0. The van der Waals surface area contributed by atoms with Crippen molar-refractivity contribution in [3.05, 3.63) is 35.9 Å². The van der Waals surface area contributed by atoms with Crippen LogP contribution in [0.1, 0.15) is 38.2 Å². The van der Waals surface area contributed by atoms with Crippen LogP contribution in [-0.4, -0.2) is 36.9 Å². The molecular formula is C18H25NO2. The molecule has 0 amide bonds. The fourth-order valence-electron chi connectivity index (χ4n) is 2.55. The summed E-state index contributed by atoms with van der Waals surface area (Å²) in [6.45, 7) is 5.95. The lowest BCUT2D eigenvalue weighted by molar-refractivity contribution is -0.112. The van der Waals surface area contributed by atoms with E-state index >= 15 is 0 Å². The molecule has 0 atom stereocenters. The lowest BCUT2D eigenvalue weighted by Gasteiger charge is -2.26. The summed E-state index contributed by atoms with van der Waals surface area (Å²) in [5.41, 5.74) is 1.02. The number of carbonyl (C=O) groups excluding carboxylic acids is 1. The molecule has 0 unspecified atom stereocenters. The maximum atomic E-state index is 10.9. The molecule has 1 saturated heterocycles. The highest BCUT2D eigenvalue weighted by atomic mass is 16.5. The molecule has 1 fully saturated rings. The zero-order valence-electron chi connectivity index (χ0n) is 12.9. The Bertz CT molecular complexity index is 459. The number of allylic oxidation sites excluding steroid dienone is 1. The largest absolute Gasteiger partial charge is 0.494 e. The number of benzene rings is 1. The predicted octanol–water partition coefficient (Wildman–Crippen LogP) is 3.54. The third-order valence-corrected chi connectivity index (χ3v) is 3.73. The first-order valence-electron chi connectivity index (χ1n) is 7.88. The Morgan fingerprint density at radius 3 is 2.57 bits per heavy atom. The number of carbonyl (C=O) groups is 1. The van der Waals surface area contributed by atoms with Crippen molar-refractivity contribution >= 4 is 11.9 Å². The summed E-state index contributed by atoms with van der Waals surface area (Å²) in [7, 11) is 0. The fourth-order valence-corrected chi connectivity index (χ4v) is 2.55. The molecule has 0 spiro atoms. The summed E-state index contributed by atoms with van der Waals surface area (Å²) < 4.78 is 5.76. The second kappa shape index (κ2) is 8.63. The standard InChI is InChI=1S/C18H25NO2/c1-16(20)6-7-17-8-10-18(11-9-17)21-15-5-14-19-12-3-2-4-13-19/h6-11H,2-5,12-15H2,1H3. The van der Waals surface area contributed by atoms with Crippen LogP contribution in [0.5, 0.6) is 5.75 Å². The van der Waals surface area contributed by atoms with Gasteiger partial charge < -0.3 is 9.64 Å². The van der Waals surface area contributed by atoms with Gasteiger partial charge in [-0.05, 0) is 63.0 Å². The monoisotopic (exact) mass is 287 g/mol. The number of piperidine rings is 1. The van der Waals surface area contributed by atoms with Gasteiger partial charge in [0.25, 0.3) is 0 Å². The van der Waals surface area contributed by atoms with Crippen molar-refractivity contribution in [1.82, 2.24) is 4.90 Å². The van der Waals surface area contributed by atoms with Crippen LogP contribution in [0.3, 0.4) is 0 Å². The van der Waals surface area contributed by atoms with E-state index in [9.17, 15) is 4.79 Å². The van der Waals surface area contributed by atoms with E-state index in [1.165, 1.54) is 32.4 Å². The molecule has 0 aromatic heterocycles. The molecule has 0 bridgehead atoms. The second-order valence-corrected chi connectivity index (χ2v) is 5.62. The van der Waals surface area contributed by atoms with Gasteiger partial charge in [-0.15, -0.1) is 0 Å². The molecule has 3 nitrogen and oxygen atoms in total. The second-order valence-electron chi connectivity index (χ2n) is 5.62. The van der Waals surface area contributed by atoms with E-state index in [-0.39, 0.29) is 5.78 Å². The van der Waals surface area contributed by atoms with E-state index in [0.717, 1.165) is 30.9 Å². The minimum Gasteiger partial charge on any atom is -0.494 e. The van der Waals surface area contributed by atoms with Gasteiger partial charge in [0.05, 0.1) is 6.61 Å². The first-order valence-corrected chi connectivity index (χ1v) is 7.88. The molecule has 2 rings (SSSR count). The summed E-state index contributed by atoms with van der Waals surface area (Å²) in [6, 6.07) is 7.86. The first kappa shape index (κ1) is 15.8. The molecule has 1 aliphatic rings. The lowest BCUT2D eigenvalue weighted by Crippen LogP contribution is -2.31. The zero-order valence-corrected chi connectivity index (χ0v) is 12.9. The Balaban J connectivity index is 1.67. The summed E-state index contributed by atoms with van der Waals surface area (Å²) in [5, 5.41) is 0. The Labute approximate surface area is 127 Å². The number of hydrogen-bond acceptors (Lipinski definition) is 3. The van der Waals surface area contributed by atoms with Crippen LogP contribution in [0.4, 0.5) is 0 Å². The number of likely N-dealkylation sites (tertiary alicyclic amines) is 1. The number of ether oxygens (including phenoxy) is 1. The van der Waals surface area contributed by atoms with E-state index in [1.807, 2.05) is 30.3 Å². The van der Waals surface area contributed by atoms with Gasteiger partial charge in [-0.1, -0.05) is 24.6 Å². The van der Waals surface area contributed by atoms with Crippen molar-refractivity contribution in [3.63, 3.8) is 0 Å². The van der Waals surface area contributed by atoms with Crippen molar-refractivity contribution < 1.29 is 9.53 Å². The van der Waals surface area contributed by atoms with E-state index in [0.29, 0.717) is 0 Å². The predicted molar refractivity (Wildman–Crippen MR) is 86.6 cm³/mol. The van der Waals surface area contributed by atoms with E-state index < -0.39 is 0 Å². The number of ketones is 1. The molecule has 1 heterocycles. The van der Waals surface area contributed by atoms with Crippen LogP contribution in [0.15, 0.2) is 30.3 Å². The van der Waals surface area contributed by atoms with Gasteiger partial charge >= 0.3 is 0 Å². The molecule has 21 heavy (non-hydrogen) atoms. The molecule has 0 radical (unpaired) electrons. The molecule has 1 aromatic carbocycles. The van der Waals surface area contributed by atoms with Gasteiger partial charge in [-0.2, -0.15) is 0 Å². The highest BCUT2D eigenvalue weighted by Gasteiger charge is 2.08. The van der Waals surface area contributed by atoms with Crippen LogP contribution in [0.2, 0.25) is 0 Å². The summed E-state index contributed by atoms with van der Waals surface area (Å²) in [6.07, 6.45) is 8.55. The number of hydrogen-bond donors (Lipinski definition) is 0. The average Bonchev–Trinajstić information content (AvgIpc) is 2.52. The van der Waals surface area contributed by atoms with E-state index in [1.54, 1.807) is 13.0 Å². The Hall–Kier alpha value is -1.61. The minimum absolute atomic E-state index is 0.0630. The van der Waals surface area contributed by atoms with E-state index in [4.69, 9.17) is 4.74 Å². The molecular weight excluding hydrogens is 262 g/mol. The van der Waals surface area contributed by atoms with Crippen molar-refractivity contribution in [2.24, 2.45) is 0 Å². The molecule has 0 N–H and O–H groups in total. The third-order valence-electron chi connectivity index (χ3n) is 3.73. The lowest BCUT2D eigenvalue weighted by atomic mass is 10.1.